The molecule has 5 nitrogen and oxygen atoms in total. The Kier molecular flexibility index (Phi) is 7.24. The summed E-state index contributed by atoms with van der Waals surface area (Å²) in [6, 6.07) is 0. The molecule has 2 rings (SSSR count). The van der Waals surface area contributed by atoms with Gasteiger partial charge in [0.15, 0.2) is 0 Å². The lowest BCUT2D eigenvalue weighted by molar-refractivity contribution is -0.131. The highest BCUT2D eigenvalue weighted by molar-refractivity contribution is 5.76. The molecule has 2 saturated heterocycles. The molecule has 0 bridgehead atoms. The van der Waals surface area contributed by atoms with Crippen molar-refractivity contribution in [3.05, 3.63) is 0 Å². The zero-order chi connectivity index (χ0) is 16.7. The first kappa shape index (κ1) is 18.6. The molecule has 2 aliphatic rings. The molecule has 1 atom stereocenters. The lowest BCUT2D eigenvalue weighted by Crippen LogP contribution is -2.61. The third-order valence-corrected chi connectivity index (χ3v) is 5.51. The van der Waals surface area contributed by atoms with Crippen LogP contribution in [0.3, 0.4) is 0 Å². The first-order valence-electron chi connectivity index (χ1n) is 8.87. The maximum absolute atomic E-state index is 12.3. The van der Waals surface area contributed by atoms with Crippen LogP contribution in [0.15, 0.2) is 0 Å². The van der Waals surface area contributed by atoms with Gasteiger partial charge in [-0.3, -0.25) is 14.1 Å². The van der Waals surface area contributed by atoms with Crippen molar-refractivity contribution in [2.45, 2.75) is 37.6 Å². The van der Waals surface area contributed by atoms with Gasteiger partial charge in [0.25, 0.3) is 0 Å². The minimum Gasteiger partial charge on any atom is -0.383 e. The van der Waals surface area contributed by atoms with E-state index >= 15 is 0 Å². The highest BCUT2D eigenvalue weighted by atomic mass is 19.1. The zero-order valence-corrected chi connectivity index (χ0v) is 14.7. The highest BCUT2D eigenvalue weighted by Gasteiger charge is 2.41. The topological polar surface area (TPSA) is 36.0 Å². The van der Waals surface area contributed by atoms with Gasteiger partial charge >= 0.3 is 0 Å². The maximum Gasteiger partial charge on any atom is 0.222 e. The molecular formula is C17H32FN3O2. The fourth-order valence-corrected chi connectivity index (χ4v) is 3.83. The van der Waals surface area contributed by atoms with E-state index in [-0.39, 0.29) is 18.1 Å². The minimum absolute atomic E-state index is 0.0887. The standard InChI is InChI=1S/C17H32FN3O2/c1-19-11-12-20(9-4-3-8-18)15-17(19)6-5-16(22)21(10-7-17)13-14-23-2/h3-15H2,1-2H3. The Morgan fingerprint density at radius 1 is 1.17 bits per heavy atom. The molecule has 0 radical (unpaired) electrons. The van der Waals surface area contributed by atoms with E-state index in [2.05, 4.69) is 16.8 Å². The Balaban J connectivity index is 1.96. The molecule has 0 aliphatic carbocycles. The van der Waals surface area contributed by atoms with Crippen LogP contribution in [0.2, 0.25) is 0 Å². The van der Waals surface area contributed by atoms with E-state index in [4.69, 9.17) is 4.74 Å². The van der Waals surface area contributed by atoms with Crippen LogP contribution in [0.4, 0.5) is 4.39 Å². The predicted octanol–water partition coefficient (Wildman–Crippen LogP) is 1.38. The molecule has 1 unspecified atom stereocenters. The van der Waals surface area contributed by atoms with Crippen LogP contribution in [0.25, 0.3) is 0 Å². The second-order valence-corrected chi connectivity index (χ2v) is 6.94. The number of alkyl halides is 1. The van der Waals surface area contributed by atoms with E-state index in [1.807, 2.05) is 4.90 Å². The van der Waals surface area contributed by atoms with Crippen LogP contribution in [0, 0.1) is 0 Å². The molecule has 23 heavy (non-hydrogen) atoms. The van der Waals surface area contributed by atoms with Crippen molar-refractivity contribution in [2.75, 3.05) is 66.7 Å². The van der Waals surface area contributed by atoms with Crippen molar-refractivity contribution in [3.8, 4) is 0 Å². The number of rotatable bonds is 7. The largest absolute Gasteiger partial charge is 0.383 e. The summed E-state index contributed by atoms with van der Waals surface area (Å²) in [5, 5.41) is 0. The molecule has 2 aliphatic heterocycles. The van der Waals surface area contributed by atoms with Crippen LogP contribution in [0.5, 0.6) is 0 Å². The summed E-state index contributed by atoms with van der Waals surface area (Å²) in [5.74, 6) is 0.252. The number of halogens is 1. The predicted molar refractivity (Wildman–Crippen MR) is 89.3 cm³/mol. The van der Waals surface area contributed by atoms with Gasteiger partial charge in [0.1, 0.15) is 0 Å². The molecule has 0 N–H and O–H groups in total. The lowest BCUT2D eigenvalue weighted by atomic mass is 9.86. The average molecular weight is 329 g/mol. The van der Waals surface area contributed by atoms with E-state index in [0.29, 0.717) is 26.0 Å². The number of likely N-dealkylation sites (tertiary alicyclic amines) is 1. The molecule has 134 valence electrons. The minimum atomic E-state index is -0.220. The van der Waals surface area contributed by atoms with Crippen molar-refractivity contribution >= 4 is 5.91 Å². The van der Waals surface area contributed by atoms with Crippen molar-refractivity contribution in [1.82, 2.24) is 14.7 Å². The van der Waals surface area contributed by atoms with Gasteiger partial charge in [-0.2, -0.15) is 0 Å². The van der Waals surface area contributed by atoms with Gasteiger partial charge in [-0.15, -0.1) is 0 Å². The molecule has 0 aromatic carbocycles. The number of hydrogen-bond acceptors (Lipinski definition) is 4. The summed E-state index contributed by atoms with van der Waals surface area (Å²) in [6.45, 7) is 5.93. The third-order valence-electron chi connectivity index (χ3n) is 5.51. The molecule has 0 aromatic rings. The number of amides is 1. The van der Waals surface area contributed by atoms with Crippen LogP contribution in [-0.2, 0) is 9.53 Å². The fourth-order valence-electron chi connectivity index (χ4n) is 3.83. The number of carbonyl (C=O) groups excluding carboxylic acids is 1. The van der Waals surface area contributed by atoms with Crippen LogP contribution in [-0.4, -0.2) is 92.9 Å². The Morgan fingerprint density at radius 2 is 2.00 bits per heavy atom. The van der Waals surface area contributed by atoms with Gasteiger partial charge in [-0.1, -0.05) is 0 Å². The van der Waals surface area contributed by atoms with E-state index in [1.54, 1.807) is 7.11 Å². The fraction of sp³-hybridized carbons (Fsp3) is 0.941. The molecule has 0 saturated carbocycles. The third kappa shape index (κ3) is 4.88. The number of hydrogen-bond donors (Lipinski definition) is 0. The van der Waals surface area contributed by atoms with Crippen LogP contribution >= 0.6 is 0 Å². The number of piperazine rings is 1. The zero-order valence-electron chi connectivity index (χ0n) is 14.7. The second kappa shape index (κ2) is 8.94. The van der Waals surface area contributed by atoms with Gasteiger partial charge in [0, 0.05) is 51.8 Å². The van der Waals surface area contributed by atoms with E-state index < -0.39 is 0 Å². The number of likely N-dealkylation sites (N-methyl/N-ethyl adjacent to an activating group) is 1. The first-order chi connectivity index (χ1) is 11.1. The highest BCUT2D eigenvalue weighted by Crippen LogP contribution is 2.32. The Morgan fingerprint density at radius 3 is 2.74 bits per heavy atom. The molecule has 2 heterocycles. The molecule has 6 heteroatoms. The summed E-state index contributed by atoms with van der Waals surface area (Å²) in [6.07, 6.45) is 4.13. The summed E-state index contributed by atoms with van der Waals surface area (Å²) in [5.41, 5.74) is 0.0887. The normalized spacial score (nSPS) is 27.6. The van der Waals surface area contributed by atoms with Crippen LogP contribution in [0.1, 0.15) is 32.1 Å². The van der Waals surface area contributed by atoms with Gasteiger partial charge in [-0.05, 0) is 39.3 Å². The molecule has 2 fully saturated rings. The van der Waals surface area contributed by atoms with E-state index in [0.717, 1.165) is 52.0 Å². The number of methoxy groups -OCH3 is 1. The van der Waals surface area contributed by atoms with Crippen molar-refractivity contribution in [1.29, 1.82) is 0 Å². The van der Waals surface area contributed by atoms with Gasteiger partial charge in [-0.25, -0.2) is 0 Å². The summed E-state index contributed by atoms with van der Waals surface area (Å²) < 4.78 is 17.4. The second-order valence-electron chi connectivity index (χ2n) is 6.94. The summed E-state index contributed by atoms with van der Waals surface area (Å²) >= 11 is 0. The number of ether oxygens (including phenoxy) is 1. The van der Waals surface area contributed by atoms with E-state index in [9.17, 15) is 9.18 Å². The van der Waals surface area contributed by atoms with Gasteiger partial charge in [0.2, 0.25) is 5.91 Å². The van der Waals surface area contributed by atoms with Crippen molar-refractivity contribution in [2.24, 2.45) is 0 Å². The van der Waals surface area contributed by atoms with Crippen molar-refractivity contribution < 1.29 is 13.9 Å². The summed E-state index contributed by atoms with van der Waals surface area (Å²) in [4.78, 5) is 19.2. The van der Waals surface area contributed by atoms with Crippen molar-refractivity contribution in [3.63, 3.8) is 0 Å². The molecular weight excluding hydrogens is 297 g/mol. The lowest BCUT2D eigenvalue weighted by Gasteiger charge is -2.49. The number of carbonyl (C=O) groups is 1. The number of nitrogens with zero attached hydrogens (tertiary/aromatic N) is 3. The molecule has 0 aromatic heterocycles. The number of unbranched alkanes of at least 4 members (excludes halogenated alkanes) is 1. The monoisotopic (exact) mass is 329 g/mol. The molecule has 1 amide bonds. The Hall–Kier alpha value is -0.720. The van der Waals surface area contributed by atoms with E-state index in [1.165, 1.54) is 0 Å². The van der Waals surface area contributed by atoms with Gasteiger partial charge in [0.05, 0.1) is 13.3 Å². The Bertz CT molecular complexity index is 383. The SMILES string of the molecule is COCCN1CCC2(CCC1=O)CN(CCCCF)CCN2C. The van der Waals surface area contributed by atoms with Gasteiger partial charge < -0.3 is 14.5 Å². The average Bonchev–Trinajstić information content (AvgIpc) is 2.70. The first-order valence-corrected chi connectivity index (χ1v) is 8.87. The smallest absolute Gasteiger partial charge is 0.222 e. The maximum atomic E-state index is 12.3. The molecule has 1 spiro atoms. The quantitative estimate of drug-likeness (QED) is 0.661. The Labute approximate surface area is 139 Å². The van der Waals surface area contributed by atoms with Crippen LogP contribution < -0.4 is 0 Å². The summed E-state index contributed by atoms with van der Waals surface area (Å²) in [7, 11) is 3.86.